The fourth-order valence-electron chi connectivity index (χ4n) is 2.76. The van der Waals surface area contributed by atoms with E-state index in [9.17, 15) is 4.79 Å². The van der Waals surface area contributed by atoms with Crippen molar-refractivity contribution in [2.24, 2.45) is 5.73 Å². The number of likely N-dealkylation sites (N-methyl/N-ethyl adjacent to an activating group) is 1. The van der Waals surface area contributed by atoms with Crippen LogP contribution in [-0.4, -0.2) is 47.9 Å². The summed E-state index contributed by atoms with van der Waals surface area (Å²) in [7, 11) is 2.01. The van der Waals surface area contributed by atoms with Crippen LogP contribution in [0.2, 0.25) is 0 Å². The fraction of sp³-hybridized carbons (Fsp3) is 0.533. The first-order valence-corrected chi connectivity index (χ1v) is 6.88. The summed E-state index contributed by atoms with van der Waals surface area (Å²) in [4.78, 5) is 16.7. The van der Waals surface area contributed by atoms with Crippen LogP contribution in [0.15, 0.2) is 30.3 Å². The summed E-state index contributed by atoms with van der Waals surface area (Å²) >= 11 is 0. The second-order valence-electron chi connectivity index (χ2n) is 5.33. The summed E-state index contributed by atoms with van der Waals surface area (Å²) in [6.07, 6.45) is 0.730. The smallest absolute Gasteiger partial charge is 0.240 e. The largest absolute Gasteiger partial charge is 0.333 e. The Balaban J connectivity index is 2.12. The lowest BCUT2D eigenvalue weighted by Crippen LogP contribution is -2.59. The van der Waals surface area contributed by atoms with Crippen molar-refractivity contribution in [3.8, 4) is 0 Å². The van der Waals surface area contributed by atoms with Crippen LogP contribution in [0.4, 0.5) is 0 Å². The standard InChI is InChI=1S/C15H23N3O/c1-12-10-17(2)14(8-9-16)15(19)18(12)11-13-6-4-3-5-7-13/h3-7,12,14H,8-11,16H2,1-2H3. The predicted octanol–water partition coefficient (Wildman–Crippen LogP) is 1.07. The van der Waals surface area contributed by atoms with E-state index < -0.39 is 0 Å². The molecule has 104 valence electrons. The number of hydrogen-bond donors (Lipinski definition) is 1. The Bertz CT molecular complexity index is 421. The molecule has 0 radical (unpaired) electrons. The Hall–Kier alpha value is -1.39. The minimum Gasteiger partial charge on any atom is -0.333 e. The maximum atomic E-state index is 12.6. The van der Waals surface area contributed by atoms with Crippen molar-refractivity contribution < 1.29 is 4.79 Å². The van der Waals surface area contributed by atoms with Gasteiger partial charge in [0.25, 0.3) is 0 Å². The molecule has 0 aromatic heterocycles. The predicted molar refractivity (Wildman–Crippen MR) is 76.5 cm³/mol. The van der Waals surface area contributed by atoms with Gasteiger partial charge >= 0.3 is 0 Å². The molecule has 2 atom stereocenters. The third-order valence-electron chi connectivity index (χ3n) is 3.82. The minimum absolute atomic E-state index is 0.0649. The highest BCUT2D eigenvalue weighted by Gasteiger charge is 2.35. The van der Waals surface area contributed by atoms with Crippen LogP contribution in [0.5, 0.6) is 0 Å². The number of nitrogens with zero attached hydrogens (tertiary/aromatic N) is 2. The van der Waals surface area contributed by atoms with Gasteiger partial charge < -0.3 is 10.6 Å². The van der Waals surface area contributed by atoms with Crippen LogP contribution in [-0.2, 0) is 11.3 Å². The quantitative estimate of drug-likeness (QED) is 0.882. The SMILES string of the molecule is CC1CN(C)C(CCN)C(=O)N1Cc1ccccc1. The van der Waals surface area contributed by atoms with Crippen molar-refractivity contribution >= 4 is 5.91 Å². The molecule has 4 heteroatoms. The zero-order valence-electron chi connectivity index (χ0n) is 11.7. The number of carbonyl (C=O) groups excluding carboxylic acids is 1. The third kappa shape index (κ3) is 3.14. The van der Waals surface area contributed by atoms with Crippen LogP contribution >= 0.6 is 0 Å². The number of nitrogens with two attached hydrogens (primary N) is 1. The molecule has 2 N–H and O–H groups in total. The molecule has 2 rings (SSSR count). The van der Waals surface area contributed by atoms with E-state index in [0.29, 0.717) is 13.1 Å². The van der Waals surface area contributed by atoms with Crippen LogP contribution in [0.25, 0.3) is 0 Å². The molecule has 0 saturated carbocycles. The van der Waals surface area contributed by atoms with Crippen molar-refractivity contribution in [1.29, 1.82) is 0 Å². The number of rotatable bonds is 4. The highest BCUT2D eigenvalue weighted by Crippen LogP contribution is 2.19. The van der Waals surface area contributed by atoms with E-state index in [4.69, 9.17) is 5.73 Å². The lowest BCUT2D eigenvalue weighted by atomic mass is 10.0. The first-order valence-electron chi connectivity index (χ1n) is 6.88. The van der Waals surface area contributed by atoms with Crippen LogP contribution in [0.3, 0.4) is 0 Å². The molecule has 0 spiro atoms. The van der Waals surface area contributed by atoms with E-state index >= 15 is 0 Å². The van der Waals surface area contributed by atoms with Gasteiger partial charge in [-0.15, -0.1) is 0 Å². The number of piperazine rings is 1. The zero-order valence-corrected chi connectivity index (χ0v) is 11.7. The van der Waals surface area contributed by atoms with E-state index in [-0.39, 0.29) is 18.0 Å². The van der Waals surface area contributed by atoms with Gasteiger partial charge in [0.15, 0.2) is 0 Å². The van der Waals surface area contributed by atoms with E-state index in [1.807, 2.05) is 30.1 Å². The molecule has 1 saturated heterocycles. The number of benzene rings is 1. The van der Waals surface area contributed by atoms with Gasteiger partial charge in [0.2, 0.25) is 5.91 Å². The van der Waals surface area contributed by atoms with Crippen molar-refractivity contribution in [3.05, 3.63) is 35.9 Å². The lowest BCUT2D eigenvalue weighted by Gasteiger charge is -2.43. The Morgan fingerprint density at radius 1 is 1.32 bits per heavy atom. The normalized spacial score (nSPS) is 24.8. The molecule has 1 aromatic carbocycles. The molecule has 1 aliphatic rings. The maximum absolute atomic E-state index is 12.6. The first-order chi connectivity index (χ1) is 9.13. The molecule has 1 aromatic rings. The van der Waals surface area contributed by atoms with E-state index in [1.54, 1.807) is 0 Å². The van der Waals surface area contributed by atoms with E-state index in [0.717, 1.165) is 13.0 Å². The average Bonchev–Trinajstić information content (AvgIpc) is 2.41. The molecule has 1 fully saturated rings. The minimum atomic E-state index is -0.0649. The molecule has 19 heavy (non-hydrogen) atoms. The summed E-state index contributed by atoms with van der Waals surface area (Å²) in [5.74, 6) is 0.204. The second-order valence-corrected chi connectivity index (χ2v) is 5.33. The van der Waals surface area contributed by atoms with Crippen molar-refractivity contribution in [2.45, 2.75) is 32.0 Å². The summed E-state index contributed by atoms with van der Waals surface area (Å²) in [6.45, 7) is 4.25. The summed E-state index contributed by atoms with van der Waals surface area (Å²) in [5, 5.41) is 0. The average molecular weight is 261 g/mol. The molecule has 1 amide bonds. The molecule has 2 unspecified atom stereocenters. The molecular weight excluding hydrogens is 238 g/mol. The molecule has 1 heterocycles. The maximum Gasteiger partial charge on any atom is 0.240 e. The van der Waals surface area contributed by atoms with Gasteiger partial charge in [0, 0.05) is 19.1 Å². The van der Waals surface area contributed by atoms with Gasteiger partial charge in [-0.05, 0) is 32.5 Å². The Morgan fingerprint density at radius 3 is 2.63 bits per heavy atom. The summed E-state index contributed by atoms with van der Waals surface area (Å²) in [6, 6.07) is 10.3. The molecule has 4 nitrogen and oxygen atoms in total. The summed E-state index contributed by atoms with van der Waals surface area (Å²) < 4.78 is 0. The van der Waals surface area contributed by atoms with Crippen LogP contribution in [0, 0.1) is 0 Å². The Morgan fingerprint density at radius 2 is 2.00 bits per heavy atom. The van der Waals surface area contributed by atoms with Gasteiger partial charge in [0.1, 0.15) is 0 Å². The van der Waals surface area contributed by atoms with Gasteiger partial charge in [-0.2, -0.15) is 0 Å². The molecule has 0 bridgehead atoms. The van der Waals surface area contributed by atoms with Crippen molar-refractivity contribution in [2.75, 3.05) is 20.1 Å². The molecule has 1 aliphatic heterocycles. The highest BCUT2D eigenvalue weighted by molar-refractivity contribution is 5.83. The van der Waals surface area contributed by atoms with Crippen LogP contribution < -0.4 is 5.73 Å². The van der Waals surface area contributed by atoms with Crippen molar-refractivity contribution in [1.82, 2.24) is 9.80 Å². The van der Waals surface area contributed by atoms with E-state index in [1.165, 1.54) is 5.56 Å². The Labute approximate surface area is 115 Å². The third-order valence-corrected chi connectivity index (χ3v) is 3.82. The monoisotopic (exact) mass is 261 g/mol. The second kappa shape index (κ2) is 6.17. The fourth-order valence-corrected chi connectivity index (χ4v) is 2.76. The van der Waals surface area contributed by atoms with Gasteiger partial charge in [-0.1, -0.05) is 30.3 Å². The number of carbonyl (C=O) groups is 1. The Kier molecular flexibility index (Phi) is 4.56. The van der Waals surface area contributed by atoms with Crippen molar-refractivity contribution in [3.63, 3.8) is 0 Å². The number of hydrogen-bond acceptors (Lipinski definition) is 3. The highest BCUT2D eigenvalue weighted by atomic mass is 16.2. The lowest BCUT2D eigenvalue weighted by molar-refractivity contribution is -0.145. The first kappa shape index (κ1) is 14.0. The molecule has 0 aliphatic carbocycles. The van der Waals surface area contributed by atoms with Gasteiger partial charge in [-0.25, -0.2) is 0 Å². The van der Waals surface area contributed by atoms with E-state index in [2.05, 4.69) is 24.0 Å². The van der Waals surface area contributed by atoms with Gasteiger partial charge in [0.05, 0.1) is 6.04 Å². The topological polar surface area (TPSA) is 49.6 Å². The molecular formula is C15H23N3O. The zero-order chi connectivity index (χ0) is 13.8. The van der Waals surface area contributed by atoms with Gasteiger partial charge in [-0.3, -0.25) is 9.69 Å². The van der Waals surface area contributed by atoms with Crippen LogP contribution in [0.1, 0.15) is 18.9 Å². The summed E-state index contributed by atoms with van der Waals surface area (Å²) in [5.41, 5.74) is 6.80. The number of amides is 1.